The first-order valence-corrected chi connectivity index (χ1v) is 5.88. The molecule has 0 aromatic carbocycles. The molecule has 0 aromatic rings. The molecule has 0 aromatic heterocycles. The van der Waals surface area contributed by atoms with E-state index in [0.29, 0.717) is 0 Å². The van der Waals surface area contributed by atoms with Crippen molar-refractivity contribution in [2.24, 2.45) is 11.7 Å². The Morgan fingerprint density at radius 2 is 2.00 bits per heavy atom. The van der Waals surface area contributed by atoms with Crippen LogP contribution in [0.4, 0.5) is 0 Å². The molecule has 2 fully saturated rings. The van der Waals surface area contributed by atoms with Gasteiger partial charge in [0.2, 0.25) is 0 Å². The van der Waals surface area contributed by atoms with Gasteiger partial charge in [-0.3, -0.25) is 0 Å². The van der Waals surface area contributed by atoms with Crippen molar-refractivity contribution in [3.05, 3.63) is 0 Å². The monoisotopic (exact) mass is 197 g/mol. The van der Waals surface area contributed by atoms with Crippen molar-refractivity contribution >= 4 is 0 Å². The summed E-state index contributed by atoms with van der Waals surface area (Å²) in [6.07, 6.45) is 5.28. The van der Waals surface area contributed by atoms with E-state index in [-0.39, 0.29) is 5.54 Å². The second-order valence-corrected chi connectivity index (χ2v) is 5.11. The zero-order valence-electron chi connectivity index (χ0n) is 9.26. The Kier molecular flexibility index (Phi) is 3.10. The fraction of sp³-hybridized carbons (Fsp3) is 1.00. The summed E-state index contributed by atoms with van der Waals surface area (Å²) in [6.45, 7) is 4.37. The second-order valence-electron chi connectivity index (χ2n) is 5.11. The lowest BCUT2D eigenvalue weighted by Crippen LogP contribution is -2.57. The molecule has 3 nitrogen and oxygen atoms in total. The third-order valence-corrected chi connectivity index (χ3v) is 3.80. The Morgan fingerprint density at radius 1 is 1.36 bits per heavy atom. The molecule has 2 rings (SSSR count). The molecule has 82 valence electrons. The van der Waals surface area contributed by atoms with Crippen molar-refractivity contribution in [1.82, 2.24) is 10.2 Å². The average molecular weight is 197 g/mol. The summed E-state index contributed by atoms with van der Waals surface area (Å²) >= 11 is 0. The van der Waals surface area contributed by atoms with Gasteiger partial charge in [0.1, 0.15) is 0 Å². The summed E-state index contributed by atoms with van der Waals surface area (Å²) in [6, 6.07) is 0. The highest BCUT2D eigenvalue weighted by molar-refractivity contribution is 4.95. The highest BCUT2D eigenvalue weighted by Gasteiger charge is 2.33. The largest absolute Gasteiger partial charge is 0.329 e. The van der Waals surface area contributed by atoms with Gasteiger partial charge in [0.15, 0.2) is 0 Å². The van der Waals surface area contributed by atoms with Crippen LogP contribution < -0.4 is 11.1 Å². The fourth-order valence-corrected chi connectivity index (χ4v) is 2.18. The lowest BCUT2D eigenvalue weighted by molar-refractivity contribution is 0.161. The Balaban J connectivity index is 1.81. The van der Waals surface area contributed by atoms with E-state index in [4.69, 9.17) is 5.73 Å². The van der Waals surface area contributed by atoms with Crippen LogP contribution >= 0.6 is 0 Å². The Hall–Kier alpha value is -0.120. The average Bonchev–Trinajstić information content (AvgIpc) is 3.02. The molecule has 0 amide bonds. The van der Waals surface area contributed by atoms with E-state index in [0.717, 1.165) is 12.5 Å². The van der Waals surface area contributed by atoms with Gasteiger partial charge in [-0.1, -0.05) is 0 Å². The molecular formula is C11H23N3. The van der Waals surface area contributed by atoms with Crippen molar-refractivity contribution in [1.29, 1.82) is 0 Å². The fourth-order valence-electron chi connectivity index (χ4n) is 2.18. The molecule has 0 radical (unpaired) electrons. The summed E-state index contributed by atoms with van der Waals surface area (Å²) in [5.41, 5.74) is 6.17. The zero-order chi connectivity index (χ0) is 10.0. The Morgan fingerprint density at radius 3 is 2.50 bits per heavy atom. The van der Waals surface area contributed by atoms with Crippen LogP contribution in [0.1, 0.15) is 25.7 Å². The maximum absolute atomic E-state index is 5.91. The number of piperidine rings is 1. The SMILES string of the molecule is CN1CCC(CN)(NCC2CC2)CC1. The quantitative estimate of drug-likeness (QED) is 0.686. The molecule has 1 saturated carbocycles. The number of hydrogen-bond acceptors (Lipinski definition) is 3. The third-order valence-electron chi connectivity index (χ3n) is 3.80. The minimum absolute atomic E-state index is 0.259. The maximum Gasteiger partial charge on any atom is 0.0328 e. The van der Waals surface area contributed by atoms with Crippen LogP contribution in [0.3, 0.4) is 0 Å². The maximum atomic E-state index is 5.91. The molecule has 3 N–H and O–H groups in total. The van der Waals surface area contributed by atoms with Gasteiger partial charge >= 0.3 is 0 Å². The predicted molar refractivity (Wildman–Crippen MR) is 59.2 cm³/mol. The molecular weight excluding hydrogens is 174 g/mol. The van der Waals surface area contributed by atoms with Crippen molar-refractivity contribution < 1.29 is 0 Å². The first kappa shape index (κ1) is 10.4. The van der Waals surface area contributed by atoms with Crippen molar-refractivity contribution in [3.63, 3.8) is 0 Å². The number of hydrogen-bond donors (Lipinski definition) is 2. The summed E-state index contributed by atoms with van der Waals surface area (Å²) in [4.78, 5) is 2.40. The van der Waals surface area contributed by atoms with E-state index in [2.05, 4.69) is 17.3 Å². The van der Waals surface area contributed by atoms with Gasteiger partial charge in [-0.25, -0.2) is 0 Å². The standard InChI is InChI=1S/C11H23N3/c1-14-6-4-11(9-12,5-7-14)13-8-10-2-3-10/h10,13H,2-9,12H2,1H3. The number of nitrogens with one attached hydrogen (secondary N) is 1. The first-order valence-electron chi connectivity index (χ1n) is 5.88. The number of nitrogens with two attached hydrogens (primary N) is 1. The molecule has 0 bridgehead atoms. The van der Waals surface area contributed by atoms with Crippen molar-refractivity contribution in [3.8, 4) is 0 Å². The molecule has 3 heteroatoms. The van der Waals surface area contributed by atoms with Gasteiger partial charge in [0, 0.05) is 12.1 Å². The van der Waals surface area contributed by atoms with Crippen LogP contribution in [0.25, 0.3) is 0 Å². The van der Waals surface area contributed by atoms with Crippen LogP contribution in [-0.4, -0.2) is 43.7 Å². The lowest BCUT2D eigenvalue weighted by atomic mass is 9.87. The summed E-state index contributed by atoms with van der Waals surface area (Å²) < 4.78 is 0. The molecule has 0 spiro atoms. The van der Waals surface area contributed by atoms with E-state index in [1.807, 2.05) is 0 Å². The van der Waals surface area contributed by atoms with Crippen molar-refractivity contribution in [2.75, 3.05) is 33.2 Å². The Labute approximate surface area is 87.0 Å². The smallest absolute Gasteiger partial charge is 0.0328 e. The molecule has 2 aliphatic rings. The summed E-state index contributed by atoms with van der Waals surface area (Å²) in [7, 11) is 2.20. The molecule has 1 heterocycles. The molecule has 0 unspecified atom stereocenters. The number of likely N-dealkylation sites (tertiary alicyclic amines) is 1. The number of nitrogens with zero attached hydrogens (tertiary/aromatic N) is 1. The van der Waals surface area contributed by atoms with Crippen molar-refractivity contribution in [2.45, 2.75) is 31.2 Å². The number of rotatable bonds is 4. The van der Waals surface area contributed by atoms with E-state index in [1.54, 1.807) is 0 Å². The summed E-state index contributed by atoms with van der Waals surface area (Å²) in [5, 5.41) is 3.72. The van der Waals surface area contributed by atoms with Gasteiger partial charge in [0.05, 0.1) is 0 Å². The molecule has 1 saturated heterocycles. The van der Waals surface area contributed by atoms with Crippen LogP contribution in [-0.2, 0) is 0 Å². The van der Waals surface area contributed by atoms with E-state index >= 15 is 0 Å². The van der Waals surface area contributed by atoms with Crippen LogP contribution in [0.15, 0.2) is 0 Å². The molecule has 14 heavy (non-hydrogen) atoms. The van der Waals surface area contributed by atoms with Gasteiger partial charge in [0.25, 0.3) is 0 Å². The van der Waals surface area contributed by atoms with Crippen LogP contribution in [0, 0.1) is 5.92 Å². The Bertz CT molecular complexity index is 181. The zero-order valence-corrected chi connectivity index (χ0v) is 9.26. The van der Waals surface area contributed by atoms with Crippen LogP contribution in [0.5, 0.6) is 0 Å². The lowest BCUT2D eigenvalue weighted by Gasteiger charge is -2.40. The second kappa shape index (κ2) is 4.17. The predicted octanol–water partition coefficient (Wildman–Crippen LogP) is 0.409. The normalized spacial score (nSPS) is 27.9. The van der Waals surface area contributed by atoms with Crippen LogP contribution in [0.2, 0.25) is 0 Å². The molecule has 0 atom stereocenters. The van der Waals surface area contributed by atoms with Gasteiger partial charge in [-0.15, -0.1) is 0 Å². The summed E-state index contributed by atoms with van der Waals surface area (Å²) in [5.74, 6) is 0.957. The van der Waals surface area contributed by atoms with Gasteiger partial charge in [-0.05, 0) is 58.3 Å². The van der Waals surface area contributed by atoms with Gasteiger partial charge in [-0.2, -0.15) is 0 Å². The minimum Gasteiger partial charge on any atom is -0.329 e. The highest BCUT2D eigenvalue weighted by Crippen LogP contribution is 2.29. The topological polar surface area (TPSA) is 41.3 Å². The van der Waals surface area contributed by atoms with E-state index in [9.17, 15) is 0 Å². The molecule has 1 aliphatic heterocycles. The van der Waals surface area contributed by atoms with Gasteiger partial charge < -0.3 is 16.0 Å². The highest BCUT2D eigenvalue weighted by atomic mass is 15.1. The van der Waals surface area contributed by atoms with E-state index < -0.39 is 0 Å². The third kappa shape index (κ3) is 2.47. The molecule has 1 aliphatic carbocycles. The first-order chi connectivity index (χ1) is 6.74. The minimum atomic E-state index is 0.259. The van der Waals surface area contributed by atoms with E-state index in [1.165, 1.54) is 45.3 Å².